The number of methoxy groups -OCH3 is 1. The minimum atomic E-state index is 0.490. The van der Waals surface area contributed by atoms with Crippen LogP contribution in [0.3, 0.4) is 0 Å². The minimum absolute atomic E-state index is 0.490. The highest BCUT2D eigenvalue weighted by Gasteiger charge is 2.11. The molecule has 0 fully saturated rings. The van der Waals surface area contributed by atoms with E-state index in [0.717, 1.165) is 12.1 Å². The van der Waals surface area contributed by atoms with Crippen molar-refractivity contribution in [2.45, 2.75) is 20.4 Å². The fraction of sp³-hybridized carbons (Fsp3) is 0.429. The second-order valence-corrected chi connectivity index (χ2v) is 4.64. The molecule has 0 saturated carbocycles. The Morgan fingerprint density at radius 3 is 2.67 bits per heavy atom. The Balaban J connectivity index is 2.92. The maximum absolute atomic E-state index is 6.21. The Labute approximate surface area is 114 Å². The summed E-state index contributed by atoms with van der Waals surface area (Å²) in [7, 11) is 3.50. The largest absolute Gasteiger partial charge is 0.493 e. The summed E-state index contributed by atoms with van der Waals surface area (Å²) in [4.78, 5) is 0. The van der Waals surface area contributed by atoms with Crippen molar-refractivity contribution >= 4 is 11.6 Å². The van der Waals surface area contributed by atoms with Crippen molar-refractivity contribution in [3.63, 3.8) is 0 Å². The zero-order chi connectivity index (χ0) is 13.5. The Morgan fingerprint density at radius 2 is 2.11 bits per heavy atom. The third-order valence-corrected chi connectivity index (χ3v) is 2.67. The monoisotopic (exact) mass is 269 g/mol. The zero-order valence-corrected chi connectivity index (χ0v) is 12.1. The molecule has 0 atom stereocenters. The topological polar surface area (TPSA) is 30.5 Å². The van der Waals surface area contributed by atoms with Crippen molar-refractivity contribution in [3.8, 4) is 11.5 Å². The first-order chi connectivity index (χ1) is 8.58. The lowest BCUT2D eigenvalue weighted by molar-refractivity contribution is 0.325. The quantitative estimate of drug-likeness (QED) is 0.803. The van der Waals surface area contributed by atoms with Crippen molar-refractivity contribution in [1.82, 2.24) is 5.32 Å². The molecule has 1 N–H and O–H groups in total. The summed E-state index contributed by atoms with van der Waals surface area (Å²) in [5.41, 5.74) is 2.27. The molecule has 0 aliphatic heterocycles. The maximum atomic E-state index is 6.21. The Hall–Kier alpha value is -1.19. The van der Waals surface area contributed by atoms with Crippen LogP contribution in [0.15, 0.2) is 23.8 Å². The predicted molar refractivity (Wildman–Crippen MR) is 75.7 cm³/mol. The molecule has 0 bridgehead atoms. The number of ether oxygens (including phenoxy) is 2. The average molecular weight is 270 g/mol. The second-order valence-electron chi connectivity index (χ2n) is 4.23. The van der Waals surface area contributed by atoms with Gasteiger partial charge in [0.15, 0.2) is 11.5 Å². The van der Waals surface area contributed by atoms with Crippen LogP contribution in [-0.2, 0) is 6.54 Å². The first-order valence-electron chi connectivity index (χ1n) is 5.85. The average Bonchev–Trinajstić information content (AvgIpc) is 2.31. The van der Waals surface area contributed by atoms with Crippen molar-refractivity contribution in [3.05, 3.63) is 34.4 Å². The Morgan fingerprint density at radius 1 is 1.39 bits per heavy atom. The number of nitrogens with one attached hydrogen (secondary N) is 1. The van der Waals surface area contributed by atoms with E-state index in [1.54, 1.807) is 7.11 Å². The van der Waals surface area contributed by atoms with Crippen molar-refractivity contribution < 1.29 is 9.47 Å². The molecule has 1 aromatic rings. The van der Waals surface area contributed by atoms with Gasteiger partial charge in [0.25, 0.3) is 0 Å². The van der Waals surface area contributed by atoms with Crippen LogP contribution in [-0.4, -0.2) is 20.8 Å². The van der Waals surface area contributed by atoms with Gasteiger partial charge in [-0.1, -0.05) is 17.2 Å². The number of allylic oxidation sites excluding steroid dienone is 1. The highest BCUT2D eigenvalue weighted by Crippen LogP contribution is 2.36. The summed E-state index contributed by atoms with van der Waals surface area (Å²) in [6, 6.07) is 3.82. The third kappa shape index (κ3) is 4.24. The van der Waals surface area contributed by atoms with Gasteiger partial charge in [-0.05, 0) is 44.7 Å². The first-order valence-corrected chi connectivity index (χ1v) is 6.23. The van der Waals surface area contributed by atoms with Crippen LogP contribution in [0.2, 0.25) is 5.02 Å². The molecular weight excluding hydrogens is 250 g/mol. The number of rotatable bonds is 6. The summed E-state index contributed by atoms with van der Waals surface area (Å²) in [5.74, 6) is 1.26. The van der Waals surface area contributed by atoms with Crippen molar-refractivity contribution in [2.24, 2.45) is 0 Å². The molecule has 0 saturated heterocycles. The normalized spacial score (nSPS) is 10.1. The molecule has 0 heterocycles. The number of hydrogen-bond donors (Lipinski definition) is 1. The van der Waals surface area contributed by atoms with Crippen molar-refractivity contribution in [1.29, 1.82) is 0 Å². The van der Waals surface area contributed by atoms with E-state index in [4.69, 9.17) is 21.1 Å². The molecule has 18 heavy (non-hydrogen) atoms. The van der Waals surface area contributed by atoms with Gasteiger partial charge in [-0.15, -0.1) is 0 Å². The standard InChI is InChI=1S/C14H20ClNO2/c1-10(2)5-6-18-14-12(15)7-11(9-16-3)8-13(14)17-4/h5,7-8,16H,6,9H2,1-4H3. The van der Waals surface area contributed by atoms with Crippen LogP contribution in [0.25, 0.3) is 0 Å². The van der Waals surface area contributed by atoms with Gasteiger partial charge in [-0.2, -0.15) is 0 Å². The molecule has 0 radical (unpaired) electrons. The van der Waals surface area contributed by atoms with E-state index in [0.29, 0.717) is 23.1 Å². The van der Waals surface area contributed by atoms with Crippen LogP contribution >= 0.6 is 11.6 Å². The Bertz CT molecular complexity index is 426. The van der Waals surface area contributed by atoms with Gasteiger partial charge in [0, 0.05) is 6.54 Å². The number of hydrogen-bond acceptors (Lipinski definition) is 3. The molecule has 1 rings (SSSR count). The summed E-state index contributed by atoms with van der Waals surface area (Å²) >= 11 is 6.21. The summed E-state index contributed by atoms with van der Waals surface area (Å²) < 4.78 is 11.0. The first kappa shape index (κ1) is 14.9. The molecule has 0 aliphatic rings. The van der Waals surface area contributed by atoms with Gasteiger partial charge in [-0.25, -0.2) is 0 Å². The zero-order valence-electron chi connectivity index (χ0n) is 11.3. The smallest absolute Gasteiger partial charge is 0.180 e. The van der Waals surface area contributed by atoms with E-state index in [-0.39, 0.29) is 0 Å². The highest BCUT2D eigenvalue weighted by atomic mass is 35.5. The molecule has 0 unspecified atom stereocenters. The van der Waals surface area contributed by atoms with Crippen LogP contribution in [0.5, 0.6) is 11.5 Å². The van der Waals surface area contributed by atoms with Gasteiger partial charge in [0.2, 0.25) is 0 Å². The van der Waals surface area contributed by atoms with E-state index < -0.39 is 0 Å². The van der Waals surface area contributed by atoms with Gasteiger partial charge >= 0.3 is 0 Å². The molecule has 0 aliphatic carbocycles. The predicted octanol–water partition coefficient (Wildman–Crippen LogP) is 3.41. The van der Waals surface area contributed by atoms with Gasteiger partial charge < -0.3 is 14.8 Å². The molecule has 0 amide bonds. The maximum Gasteiger partial charge on any atom is 0.180 e. The van der Waals surface area contributed by atoms with Gasteiger partial charge in [-0.3, -0.25) is 0 Å². The molecule has 3 nitrogen and oxygen atoms in total. The number of halogens is 1. The molecular formula is C14H20ClNO2. The van der Waals surface area contributed by atoms with E-state index in [1.165, 1.54) is 5.57 Å². The molecule has 4 heteroatoms. The van der Waals surface area contributed by atoms with E-state index >= 15 is 0 Å². The van der Waals surface area contributed by atoms with Crippen LogP contribution in [0, 0.1) is 0 Å². The lowest BCUT2D eigenvalue weighted by Crippen LogP contribution is -2.06. The molecule has 0 aromatic heterocycles. The van der Waals surface area contributed by atoms with Gasteiger partial charge in [0.05, 0.1) is 12.1 Å². The molecule has 0 spiro atoms. The highest BCUT2D eigenvalue weighted by molar-refractivity contribution is 6.32. The lowest BCUT2D eigenvalue weighted by atomic mass is 10.2. The second kappa shape index (κ2) is 7.29. The SMILES string of the molecule is CNCc1cc(Cl)c(OCC=C(C)C)c(OC)c1. The summed E-state index contributed by atoms with van der Waals surface area (Å²) in [6.07, 6.45) is 2.00. The fourth-order valence-electron chi connectivity index (χ4n) is 1.51. The summed E-state index contributed by atoms with van der Waals surface area (Å²) in [6.45, 7) is 5.28. The van der Waals surface area contributed by atoms with Crippen LogP contribution < -0.4 is 14.8 Å². The van der Waals surface area contributed by atoms with Crippen LogP contribution in [0.4, 0.5) is 0 Å². The van der Waals surface area contributed by atoms with E-state index in [2.05, 4.69) is 5.32 Å². The molecule has 100 valence electrons. The number of benzene rings is 1. The third-order valence-electron chi connectivity index (χ3n) is 2.39. The molecule has 1 aromatic carbocycles. The summed E-state index contributed by atoms with van der Waals surface area (Å²) in [5, 5.41) is 3.65. The fourth-order valence-corrected chi connectivity index (χ4v) is 1.80. The van der Waals surface area contributed by atoms with E-state index in [1.807, 2.05) is 39.1 Å². The van der Waals surface area contributed by atoms with E-state index in [9.17, 15) is 0 Å². The lowest BCUT2D eigenvalue weighted by Gasteiger charge is -2.13. The minimum Gasteiger partial charge on any atom is -0.493 e. The van der Waals surface area contributed by atoms with Gasteiger partial charge in [0.1, 0.15) is 6.61 Å². The Kier molecular flexibility index (Phi) is 6.02. The van der Waals surface area contributed by atoms with Crippen LogP contribution in [0.1, 0.15) is 19.4 Å². The van der Waals surface area contributed by atoms with Crippen molar-refractivity contribution in [2.75, 3.05) is 20.8 Å².